The summed E-state index contributed by atoms with van der Waals surface area (Å²) in [5.74, 6) is 0.508. The number of rotatable bonds is 8. The van der Waals surface area contributed by atoms with E-state index in [-0.39, 0.29) is 5.91 Å². The molecule has 0 bridgehead atoms. The van der Waals surface area contributed by atoms with Crippen LogP contribution in [-0.4, -0.2) is 62.3 Å². The third-order valence-electron chi connectivity index (χ3n) is 6.61. The molecule has 0 aliphatic carbocycles. The molecule has 1 aliphatic rings. The average Bonchev–Trinajstić information content (AvgIpc) is 3.34. The van der Waals surface area contributed by atoms with Crippen molar-refractivity contribution in [3.63, 3.8) is 0 Å². The highest BCUT2D eigenvalue weighted by atomic mass is 32.1. The van der Waals surface area contributed by atoms with Gasteiger partial charge in [-0.3, -0.25) is 14.6 Å². The summed E-state index contributed by atoms with van der Waals surface area (Å²) in [7, 11) is 1.62. The van der Waals surface area contributed by atoms with E-state index in [2.05, 4.69) is 30.0 Å². The fourth-order valence-corrected chi connectivity index (χ4v) is 5.69. The minimum Gasteiger partial charge on any atom is -0.496 e. The van der Waals surface area contributed by atoms with Crippen LogP contribution in [0.15, 0.2) is 54.6 Å². The van der Waals surface area contributed by atoms with Crippen LogP contribution in [0, 0.1) is 0 Å². The first-order valence-corrected chi connectivity index (χ1v) is 13.1. The van der Waals surface area contributed by atoms with Crippen molar-refractivity contribution in [1.29, 1.82) is 0 Å². The predicted octanol–water partition coefficient (Wildman–Crippen LogP) is 5.39. The van der Waals surface area contributed by atoms with Crippen molar-refractivity contribution >= 4 is 43.4 Å². The summed E-state index contributed by atoms with van der Waals surface area (Å²) in [5, 5.41) is 2.80. The molecule has 0 saturated carbocycles. The summed E-state index contributed by atoms with van der Waals surface area (Å²) in [6.07, 6.45) is 1.77. The second-order valence-electron chi connectivity index (χ2n) is 8.78. The van der Waals surface area contributed by atoms with Gasteiger partial charge in [-0.1, -0.05) is 54.7 Å². The maximum Gasteiger partial charge on any atom is 0.263 e. The van der Waals surface area contributed by atoms with Crippen molar-refractivity contribution in [3.8, 4) is 5.75 Å². The quantitative estimate of drug-likeness (QED) is 0.332. The number of aryl methyl sites for hydroxylation is 1. The molecule has 3 aromatic carbocycles. The number of methoxy groups -OCH3 is 1. The monoisotopic (exact) mass is 489 g/mol. The second kappa shape index (κ2) is 10.7. The molecule has 1 aliphatic heterocycles. The first-order chi connectivity index (χ1) is 17.2. The number of thiazole rings is 1. The first-order valence-electron chi connectivity index (χ1n) is 12.2. The molecule has 35 heavy (non-hydrogen) atoms. The number of anilines is 1. The number of nitrogens with zero attached hydrogens (tertiary/aromatic N) is 3. The number of benzene rings is 3. The Morgan fingerprint density at radius 1 is 1.11 bits per heavy atom. The summed E-state index contributed by atoms with van der Waals surface area (Å²) in [6.45, 7) is 7.07. The average molecular weight is 490 g/mol. The van der Waals surface area contributed by atoms with E-state index < -0.39 is 0 Å². The van der Waals surface area contributed by atoms with Gasteiger partial charge >= 0.3 is 0 Å². The molecular formula is C28H31N3O3S. The van der Waals surface area contributed by atoms with E-state index in [0.717, 1.165) is 71.8 Å². The van der Waals surface area contributed by atoms with E-state index in [9.17, 15) is 4.79 Å². The van der Waals surface area contributed by atoms with E-state index in [1.165, 1.54) is 5.56 Å². The van der Waals surface area contributed by atoms with Crippen molar-refractivity contribution in [2.75, 3.05) is 51.4 Å². The Balaban J connectivity index is 1.50. The molecule has 6 nitrogen and oxygen atoms in total. The maximum absolute atomic E-state index is 14.1. The van der Waals surface area contributed by atoms with Crippen LogP contribution in [0.4, 0.5) is 5.13 Å². The fraction of sp³-hybridized carbons (Fsp3) is 0.357. The Morgan fingerprint density at radius 2 is 1.89 bits per heavy atom. The Labute approximate surface area is 210 Å². The smallest absolute Gasteiger partial charge is 0.263 e. The third kappa shape index (κ3) is 5.03. The Kier molecular flexibility index (Phi) is 7.27. The minimum atomic E-state index is -0.0771. The lowest BCUT2D eigenvalue weighted by Crippen LogP contribution is -2.39. The van der Waals surface area contributed by atoms with Crippen molar-refractivity contribution < 1.29 is 14.3 Å². The second-order valence-corrected chi connectivity index (χ2v) is 9.79. The summed E-state index contributed by atoms with van der Waals surface area (Å²) in [5.41, 5.74) is 2.76. The maximum atomic E-state index is 14.1. The molecule has 1 amide bonds. The molecular weight excluding hydrogens is 458 g/mol. The topological polar surface area (TPSA) is 54.9 Å². The number of para-hydroxylation sites is 1. The summed E-state index contributed by atoms with van der Waals surface area (Å²) >= 11 is 1.58. The molecule has 5 rings (SSSR count). The van der Waals surface area contributed by atoms with Crippen LogP contribution in [0.5, 0.6) is 5.75 Å². The van der Waals surface area contributed by atoms with Crippen LogP contribution < -0.4 is 9.64 Å². The lowest BCUT2D eigenvalue weighted by Gasteiger charge is -2.28. The Morgan fingerprint density at radius 3 is 2.63 bits per heavy atom. The zero-order valence-electron chi connectivity index (χ0n) is 20.3. The third-order valence-corrected chi connectivity index (χ3v) is 7.65. The SMILES string of the molecule is CCc1cccc2sc(N(CCCN3CCOCC3)C(=O)c3cc4ccccc4cc3OC)nc12. The van der Waals surface area contributed by atoms with Crippen molar-refractivity contribution in [2.45, 2.75) is 19.8 Å². The molecule has 182 valence electrons. The number of hydrogen-bond acceptors (Lipinski definition) is 6. The molecule has 1 saturated heterocycles. The number of carbonyl (C=O) groups excluding carboxylic acids is 1. The number of ether oxygens (including phenoxy) is 2. The van der Waals surface area contributed by atoms with Crippen molar-refractivity contribution in [2.24, 2.45) is 0 Å². The van der Waals surface area contributed by atoms with E-state index >= 15 is 0 Å². The van der Waals surface area contributed by atoms with Crippen LogP contribution in [0.2, 0.25) is 0 Å². The van der Waals surface area contributed by atoms with Crippen LogP contribution in [-0.2, 0) is 11.2 Å². The zero-order chi connectivity index (χ0) is 24.2. The molecule has 0 unspecified atom stereocenters. The molecule has 1 fully saturated rings. The van der Waals surface area contributed by atoms with Gasteiger partial charge in [0.15, 0.2) is 5.13 Å². The van der Waals surface area contributed by atoms with Gasteiger partial charge in [0, 0.05) is 26.2 Å². The standard InChI is InChI=1S/C28H31N3O3S/c1-3-20-10-6-11-25-26(20)29-28(35-25)31(13-7-12-30-14-16-34-17-15-30)27(32)23-18-21-8-4-5-9-22(21)19-24(23)33-2/h4-6,8-11,18-19H,3,7,12-17H2,1-2H3. The molecule has 0 atom stereocenters. The van der Waals surface area contributed by atoms with E-state index in [0.29, 0.717) is 17.9 Å². The van der Waals surface area contributed by atoms with Crippen LogP contribution in [0.3, 0.4) is 0 Å². The fourth-order valence-electron chi connectivity index (χ4n) is 4.66. The summed E-state index contributed by atoms with van der Waals surface area (Å²) in [6, 6.07) is 18.2. The molecule has 4 aromatic rings. The van der Waals surface area contributed by atoms with Crippen LogP contribution in [0.1, 0.15) is 29.3 Å². The van der Waals surface area contributed by atoms with Crippen molar-refractivity contribution in [3.05, 3.63) is 65.7 Å². The van der Waals surface area contributed by atoms with Gasteiger partial charge in [0.05, 0.1) is 36.1 Å². The highest BCUT2D eigenvalue weighted by molar-refractivity contribution is 7.22. The molecule has 2 heterocycles. The first kappa shape index (κ1) is 23.7. The number of carbonyl (C=O) groups is 1. The van der Waals surface area contributed by atoms with E-state index in [1.54, 1.807) is 18.4 Å². The normalized spacial score (nSPS) is 14.5. The van der Waals surface area contributed by atoms with Crippen molar-refractivity contribution in [1.82, 2.24) is 9.88 Å². The van der Waals surface area contributed by atoms with Gasteiger partial charge < -0.3 is 9.47 Å². The highest BCUT2D eigenvalue weighted by Crippen LogP contribution is 2.34. The highest BCUT2D eigenvalue weighted by Gasteiger charge is 2.25. The molecule has 7 heteroatoms. The summed E-state index contributed by atoms with van der Waals surface area (Å²) < 4.78 is 12.3. The lowest BCUT2D eigenvalue weighted by atomic mass is 10.0. The van der Waals surface area contributed by atoms with Crippen LogP contribution in [0.25, 0.3) is 21.0 Å². The molecule has 1 aromatic heterocycles. The Bertz CT molecular complexity index is 1330. The van der Waals surface area contributed by atoms with Gasteiger partial charge in [-0.2, -0.15) is 0 Å². The zero-order valence-corrected chi connectivity index (χ0v) is 21.1. The number of hydrogen-bond donors (Lipinski definition) is 0. The largest absolute Gasteiger partial charge is 0.496 e. The molecule has 0 radical (unpaired) electrons. The number of morpholine rings is 1. The Hall–Kier alpha value is -3.00. The van der Waals surface area contributed by atoms with Gasteiger partial charge in [-0.05, 0) is 47.4 Å². The number of aromatic nitrogens is 1. The van der Waals surface area contributed by atoms with E-state index in [1.807, 2.05) is 41.3 Å². The van der Waals surface area contributed by atoms with Gasteiger partial charge in [0.1, 0.15) is 5.75 Å². The van der Waals surface area contributed by atoms with Gasteiger partial charge in [0.2, 0.25) is 0 Å². The lowest BCUT2D eigenvalue weighted by molar-refractivity contribution is 0.0376. The van der Waals surface area contributed by atoms with Gasteiger partial charge in [-0.25, -0.2) is 4.98 Å². The summed E-state index contributed by atoms with van der Waals surface area (Å²) in [4.78, 5) is 23.3. The van der Waals surface area contributed by atoms with Gasteiger partial charge in [0.25, 0.3) is 5.91 Å². The molecule has 0 spiro atoms. The predicted molar refractivity (Wildman–Crippen MR) is 143 cm³/mol. The van der Waals surface area contributed by atoms with Crippen LogP contribution >= 0.6 is 11.3 Å². The molecule has 0 N–H and O–H groups in total. The number of amides is 1. The van der Waals surface area contributed by atoms with Gasteiger partial charge in [-0.15, -0.1) is 0 Å². The van der Waals surface area contributed by atoms with E-state index in [4.69, 9.17) is 14.5 Å². The minimum absolute atomic E-state index is 0.0771. The number of fused-ring (bicyclic) bond motifs is 2.